The summed E-state index contributed by atoms with van der Waals surface area (Å²) in [6, 6.07) is 3.88. The Morgan fingerprint density at radius 1 is 1.25 bits per heavy atom. The summed E-state index contributed by atoms with van der Waals surface area (Å²) in [5.74, 6) is 6.40. The number of nitrogens with one attached hydrogen (secondary N) is 1. The molecular formula is C15H27N5. The van der Waals surface area contributed by atoms with E-state index in [0.717, 1.165) is 18.7 Å². The fourth-order valence-electron chi connectivity index (χ4n) is 3.18. The van der Waals surface area contributed by atoms with Crippen molar-refractivity contribution in [1.82, 2.24) is 15.3 Å². The first-order valence-corrected chi connectivity index (χ1v) is 7.49. The predicted molar refractivity (Wildman–Crippen MR) is 82.8 cm³/mol. The van der Waals surface area contributed by atoms with Crippen molar-refractivity contribution in [2.45, 2.75) is 51.1 Å². The Labute approximate surface area is 121 Å². The van der Waals surface area contributed by atoms with Crippen molar-refractivity contribution in [3.05, 3.63) is 23.9 Å². The molecule has 2 heterocycles. The number of pyridine rings is 1. The molecule has 5 N–H and O–H groups in total. The first-order chi connectivity index (χ1) is 9.57. The van der Waals surface area contributed by atoms with E-state index in [9.17, 15) is 0 Å². The van der Waals surface area contributed by atoms with Gasteiger partial charge in [-0.25, -0.2) is 4.98 Å². The maximum atomic E-state index is 6.03. The van der Waals surface area contributed by atoms with Gasteiger partial charge in [-0.2, -0.15) is 0 Å². The van der Waals surface area contributed by atoms with Gasteiger partial charge in [0.15, 0.2) is 0 Å². The monoisotopic (exact) mass is 277 g/mol. The van der Waals surface area contributed by atoms with Crippen LogP contribution in [0.2, 0.25) is 0 Å². The van der Waals surface area contributed by atoms with Gasteiger partial charge in [0.2, 0.25) is 0 Å². The molecule has 1 fully saturated rings. The highest BCUT2D eigenvalue weighted by Gasteiger charge is 2.37. The number of anilines is 1. The van der Waals surface area contributed by atoms with Crippen LogP contribution in [0.15, 0.2) is 18.3 Å². The molecule has 112 valence electrons. The molecule has 0 bridgehead atoms. The van der Waals surface area contributed by atoms with Gasteiger partial charge in [0.05, 0.1) is 6.04 Å². The van der Waals surface area contributed by atoms with Gasteiger partial charge in [0, 0.05) is 17.3 Å². The molecule has 20 heavy (non-hydrogen) atoms. The number of hydrogen-bond acceptors (Lipinski definition) is 5. The standard InChI is InChI=1S/C15H27N5/c1-15(2,20-10-5-3-4-6-11-20)13(19-17)12-8-7-9-18-14(12)16/h7-9,13,19H,3-6,10-11,17H2,1-2H3,(H2,16,18). The second kappa shape index (κ2) is 6.52. The zero-order valence-electron chi connectivity index (χ0n) is 12.6. The minimum absolute atomic E-state index is 0.0331. The second-order valence-corrected chi connectivity index (χ2v) is 6.13. The summed E-state index contributed by atoms with van der Waals surface area (Å²) in [6.07, 6.45) is 6.86. The summed E-state index contributed by atoms with van der Waals surface area (Å²) in [6.45, 7) is 6.70. The highest BCUT2D eigenvalue weighted by molar-refractivity contribution is 5.42. The van der Waals surface area contributed by atoms with E-state index < -0.39 is 0 Å². The average molecular weight is 277 g/mol. The Morgan fingerprint density at radius 3 is 2.45 bits per heavy atom. The Kier molecular flexibility index (Phi) is 4.96. The molecule has 2 rings (SSSR count). The van der Waals surface area contributed by atoms with Crippen molar-refractivity contribution in [1.29, 1.82) is 0 Å². The molecule has 0 amide bonds. The predicted octanol–water partition coefficient (Wildman–Crippen LogP) is 1.82. The third-order valence-electron chi connectivity index (χ3n) is 4.48. The van der Waals surface area contributed by atoms with E-state index in [4.69, 9.17) is 11.6 Å². The lowest BCUT2D eigenvalue weighted by molar-refractivity contribution is 0.0836. The number of nitrogen functional groups attached to an aromatic ring is 1. The first kappa shape index (κ1) is 15.2. The van der Waals surface area contributed by atoms with Crippen LogP contribution in [-0.4, -0.2) is 28.5 Å². The molecule has 0 spiro atoms. The number of nitrogens with two attached hydrogens (primary N) is 2. The summed E-state index contributed by atoms with van der Waals surface area (Å²) in [7, 11) is 0. The van der Waals surface area contributed by atoms with Gasteiger partial charge in [-0.1, -0.05) is 18.9 Å². The molecule has 1 saturated heterocycles. The van der Waals surface area contributed by atoms with Gasteiger partial charge in [-0.15, -0.1) is 0 Å². The Bertz CT molecular complexity index is 424. The SMILES string of the molecule is CC(C)(C(NN)c1cccnc1N)N1CCCCCC1. The van der Waals surface area contributed by atoms with Gasteiger partial charge in [0.25, 0.3) is 0 Å². The smallest absolute Gasteiger partial charge is 0.128 e. The third kappa shape index (κ3) is 3.11. The van der Waals surface area contributed by atoms with Crippen LogP contribution in [0.1, 0.15) is 51.1 Å². The molecule has 1 aromatic heterocycles. The Hall–Kier alpha value is -1.17. The molecule has 1 atom stereocenters. The lowest BCUT2D eigenvalue weighted by Gasteiger charge is -2.44. The van der Waals surface area contributed by atoms with Crippen LogP contribution in [0.5, 0.6) is 0 Å². The largest absolute Gasteiger partial charge is 0.383 e. The van der Waals surface area contributed by atoms with Crippen molar-refractivity contribution in [2.24, 2.45) is 5.84 Å². The third-order valence-corrected chi connectivity index (χ3v) is 4.48. The van der Waals surface area contributed by atoms with Crippen molar-refractivity contribution < 1.29 is 0 Å². The van der Waals surface area contributed by atoms with Gasteiger partial charge >= 0.3 is 0 Å². The molecule has 1 unspecified atom stereocenters. The normalized spacial score (nSPS) is 19.6. The first-order valence-electron chi connectivity index (χ1n) is 7.49. The van der Waals surface area contributed by atoms with E-state index in [0.29, 0.717) is 5.82 Å². The summed E-state index contributed by atoms with van der Waals surface area (Å²) >= 11 is 0. The lowest BCUT2D eigenvalue weighted by atomic mass is 9.87. The van der Waals surface area contributed by atoms with E-state index in [1.54, 1.807) is 6.20 Å². The zero-order chi connectivity index (χ0) is 14.6. The molecule has 1 aromatic rings. The van der Waals surface area contributed by atoms with Crippen LogP contribution in [-0.2, 0) is 0 Å². The van der Waals surface area contributed by atoms with Crippen molar-refractivity contribution >= 4 is 5.82 Å². The van der Waals surface area contributed by atoms with Gasteiger partial charge in [-0.3, -0.25) is 16.2 Å². The molecule has 0 aliphatic carbocycles. The second-order valence-electron chi connectivity index (χ2n) is 6.13. The van der Waals surface area contributed by atoms with Crippen LogP contribution in [0.3, 0.4) is 0 Å². The maximum absolute atomic E-state index is 6.03. The molecule has 1 aliphatic rings. The number of hydrogen-bond donors (Lipinski definition) is 3. The van der Waals surface area contributed by atoms with Crippen LogP contribution in [0.25, 0.3) is 0 Å². The van der Waals surface area contributed by atoms with Gasteiger partial charge in [0.1, 0.15) is 5.82 Å². The number of likely N-dealkylation sites (tertiary alicyclic amines) is 1. The van der Waals surface area contributed by atoms with Crippen LogP contribution < -0.4 is 17.0 Å². The van der Waals surface area contributed by atoms with E-state index in [-0.39, 0.29) is 11.6 Å². The van der Waals surface area contributed by atoms with Crippen molar-refractivity contribution in [3.63, 3.8) is 0 Å². The molecule has 5 heteroatoms. The Morgan fingerprint density at radius 2 is 1.90 bits per heavy atom. The number of nitrogens with zero attached hydrogens (tertiary/aromatic N) is 2. The number of rotatable bonds is 4. The minimum atomic E-state index is -0.101. The Balaban J connectivity index is 2.26. The van der Waals surface area contributed by atoms with Crippen LogP contribution in [0, 0.1) is 0 Å². The molecular weight excluding hydrogens is 250 g/mol. The van der Waals surface area contributed by atoms with E-state index >= 15 is 0 Å². The topological polar surface area (TPSA) is 80.2 Å². The molecule has 0 aromatic carbocycles. The van der Waals surface area contributed by atoms with Gasteiger partial charge < -0.3 is 5.73 Å². The fourth-order valence-corrected chi connectivity index (χ4v) is 3.18. The van der Waals surface area contributed by atoms with Crippen molar-refractivity contribution in [2.75, 3.05) is 18.8 Å². The van der Waals surface area contributed by atoms with Crippen LogP contribution >= 0.6 is 0 Å². The fraction of sp³-hybridized carbons (Fsp3) is 0.667. The van der Waals surface area contributed by atoms with Gasteiger partial charge in [-0.05, 0) is 45.8 Å². The summed E-state index contributed by atoms with van der Waals surface area (Å²) in [4.78, 5) is 6.71. The molecule has 0 radical (unpaired) electrons. The van der Waals surface area contributed by atoms with E-state index in [1.807, 2.05) is 12.1 Å². The number of aromatic nitrogens is 1. The van der Waals surface area contributed by atoms with E-state index in [1.165, 1.54) is 25.7 Å². The minimum Gasteiger partial charge on any atom is -0.383 e. The summed E-state index contributed by atoms with van der Waals surface area (Å²) in [5, 5.41) is 0. The highest BCUT2D eigenvalue weighted by Crippen LogP contribution is 2.34. The van der Waals surface area contributed by atoms with E-state index in [2.05, 4.69) is 29.2 Å². The van der Waals surface area contributed by atoms with Crippen LogP contribution in [0.4, 0.5) is 5.82 Å². The van der Waals surface area contributed by atoms with Crippen molar-refractivity contribution in [3.8, 4) is 0 Å². The average Bonchev–Trinajstić information content (AvgIpc) is 2.71. The molecule has 0 saturated carbocycles. The summed E-state index contributed by atoms with van der Waals surface area (Å²) in [5.41, 5.74) is 9.86. The highest BCUT2D eigenvalue weighted by atomic mass is 15.3. The maximum Gasteiger partial charge on any atom is 0.128 e. The zero-order valence-corrected chi connectivity index (χ0v) is 12.6. The number of hydrazine groups is 1. The summed E-state index contributed by atoms with van der Waals surface area (Å²) < 4.78 is 0. The molecule has 1 aliphatic heterocycles. The quantitative estimate of drug-likeness (QED) is 0.578. The lowest BCUT2D eigenvalue weighted by Crippen LogP contribution is -2.54. The molecule has 5 nitrogen and oxygen atoms in total.